The minimum absolute atomic E-state index is 0.0650. The molecule has 19 heavy (non-hydrogen) atoms. The molecule has 1 atom stereocenters. The molecular weight excluding hydrogens is 262 g/mol. The van der Waals surface area contributed by atoms with Crippen molar-refractivity contribution in [2.24, 2.45) is 0 Å². The van der Waals surface area contributed by atoms with E-state index < -0.39 is 0 Å². The predicted octanol–water partition coefficient (Wildman–Crippen LogP) is 3.89. The van der Waals surface area contributed by atoms with E-state index in [0.717, 1.165) is 22.7 Å². The first-order chi connectivity index (χ1) is 9.28. The van der Waals surface area contributed by atoms with Gasteiger partial charge in [0.05, 0.1) is 19.3 Å². The van der Waals surface area contributed by atoms with Crippen molar-refractivity contribution in [1.29, 1.82) is 0 Å². The van der Waals surface area contributed by atoms with Gasteiger partial charge in [0, 0.05) is 10.6 Å². The van der Waals surface area contributed by atoms with Crippen molar-refractivity contribution in [3.63, 3.8) is 0 Å². The average Bonchev–Trinajstić information content (AvgIpc) is 2.46. The van der Waals surface area contributed by atoms with Crippen LogP contribution in [0.3, 0.4) is 0 Å². The van der Waals surface area contributed by atoms with E-state index in [0.29, 0.717) is 11.6 Å². The molecule has 0 saturated heterocycles. The first kappa shape index (κ1) is 12.2. The minimum Gasteiger partial charge on any atom is -0.496 e. The van der Waals surface area contributed by atoms with Crippen LogP contribution in [-0.2, 0) is 0 Å². The van der Waals surface area contributed by atoms with Crippen LogP contribution in [0.1, 0.15) is 11.7 Å². The molecular formula is C15H14ClNO2. The number of ether oxygens (including phenoxy) is 2. The monoisotopic (exact) mass is 275 g/mol. The van der Waals surface area contributed by atoms with Crippen LogP contribution < -0.4 is 14.8 Å². The standard InChI is InChI=1S/C15H14ClNO2/c1-18-13-5-3-2-4-11(13)15-9-17-12-8-10(16)6-7-14(12)19-15/h2-8,15,17H,9H2,1H3. The van der Waals surface area contributed by atoms with Crippen molar-refractivity contribution in [2.75, 3.05) is 19.0 Å². The highest BCUT2D eigenvalue weighted by Crippen LogP contribution is 2.37. The second-order valence-electron chi connectivity index (χ2n) is 4.37. The highest BCUT2D eigenvalue weighted by molar-refractivity contribution is 6.30. The Morgan fingerprint density at radius 1 is 1.26 bits per heavy atom. The molecule has 0 radical (unpaired) electrons. The number of methoxy groups -OCH3 is 1. The molecule has 0 aromatic heterocycles. The summed E-state index contributed by atoms with van der Waals surface area (Å²) < 4.78 is 11.4. The van der Waals surface area contributed by atoms with E-state index in [-0.39, 0.29) is 6.10 Å². The molecule has 0 spiro atoms. The summed E-state index contributed by atoms with van der Waals surface area (Å²) in [5.74, 6) is 1.65. The Labute approximate surface area is 117 Å². The van der Waals surface area contributed by atoms with Crippen LogP contribution in [0.25, 0.3) is 0 Å². The van der Waals surface area contributed by atoms with Crippen LogP contribution in [0.15, 0.2) is 42.5 Å². The lowest BCUT2D eigenvalue weighted by Gasteiger charge is -2.28. The maximum Gasteiger partial charge on any atom is 0.145 e. The Balaban J connectivity index is 1.91. The molecule has 98 valence electrons. The summed E-state index contributed by atoms with van der Waals surface area (Å²) in [5, 5.41) is 4.04. The number of para-hydroxylation sites is 1. The van der Waals surface area contributed by atoms with Gasteiger partial charge < -0.3 is 14.8 Å². The van der Waals surface area contributed by atoms with Gasteiger partial charge in [-0.25, -0.2) is 0 Å². The summed E-state index contributed by atoms with van der Waals surface area (Å²) in [4.78, 5) is 0. The molecule has 1 aliphatic heterocycles. The summed E-state index contributed by atoms with van der Waals surface area (Å²) in [5.41, 5.74) is 1.97. The van der Waals surface area contributed by atoms with E-state index >= 15 is 0 Å². The Morgan fingerprint density at radius 2 is 2.11 bits per heavy atom. The van der Waals surface area contributed by atoms with E-state index in [2.05, 4.69) is 5.32 Å². The van der Waals surface area contributed by atoms with Gasteiger partial charge in [-0.2, -0.15) is 0 Å². The number of anilines is 1. The third-order valence-corrected chi connectivity index (χ3v) is 3.41. The fourth-order valence-corrected chi connectivity index (χ4v) is 2.42. The molecule has 4 heteroatoms. The quantitative estimate of drug-likeness (QED) is 0.902. The van der Waals surface area contributed by atoms with Crippen molar-refractivity contribution in [3.05, 3.63) is 53.1 Å². The maximum absolute atomic E-state index is 6.01. The topological polar surface area (TPSA) is 30.5 Å². The molecule has 0 amide bonds. The molecule has 0 fully saturated rings. The highest BCUT2D eigenvalue weighted by Gasteiger charge is 2.23. The summed E-state index contributed by atoms with van der Waals surface area (Å²) >= 11 is 5.96. The van der Waals surface area contributed by atoms with Crippen LogP contribution in [0.2, 0.25) is 5.02 Å². The number of rotatable bonds is 2. The second-order valence-corrected chi connectivity index (χ2v) is 4.81. The second kappa shape index (κ2) is 5.02. The summed E-state index contributed by atoms with van der Waals surface area (Å²) in [7, 11) is 1.67. The zero-order valence-electron chi connectivity index (χ0n) is 10.5. The van der Waals surface area contributed by atoms with Gasteiger partial charge in [-0.05, 0) is 24.3 Å². The number of fused-ring (bicyclic) bond motifs is 1. The minimum atomic E-state index is -0.0650. The lowest BCUT2D eigenvalue weighted by Crippen LogP contribution is -2.23. The van der Waals surface area contributed by atoms with Crippen molar-refractivity contribution in [1.82, 2.24) is 0 Å². The van der Waals surface area contributed by atoms with E-state index in [4.69, 9.17) is 21.1 Å². The normalized spacial score (nSPS) is 17.1. The van der Waals surface area contributed by atoms with Gasteiger partial charge in [0.15, 0.2) is 0 Å². The Kier molecular flexibility index (Phi) is 3.22. The van der Waals surface area contributed by atoms with E-state index in [1.807, 2.05) is 42.5 Å². The highest BCUT2D eigenvalue weighted by atomic mass is 35.5. The molecule has 2 aromatic rings. The Morgan fingerprint density at radius 3 is 2.95 bits per heavy atom. The van der Waals surface area contributed by atoms with Crippen molar-refractivity contribution in [3.8, 4) is 11.5 Å². The average molecular weight is 276 g/mol. The molecule has 2 aromatic carbocycles. The fraction of sp³-hybridized carbons (Fsp3) is 0.200. The molecule has 0 saturated carbocycles. The first-order valence-electron chi connectivity index (χ1n) is 6.11. The first-order valence-corrected chi connectivity index (χ1v) is 6.49. The zero-order chi connectivity index (χ0) is 13.2. The molecule has 1 N–H and O–H groups in total. The predicted molar refractivity (Wildman–Crippen MR) is 76.3 cm³/mol. The third kappa shape index (κ3) is 2.34. The Bertz CT molecular complexity index is 600. The van der Waals surface area contributed by atoms with Gasteiger partial charge in [0.1, 0.15) is 17.6 Å². The molecule has 0 bridgehead atoms. The van der Waals surface area contributed by atoms with Crippen LogP contribution in [0, 0.1) is 0 Å². The summed E-state index contributed by atoms with van der Waals surface area (Å²) in [6, 6.07) is 13.5. The molecule has 0 aliphatic carbocycles. The smallest absolute Gasteiger partial charge is 0.145 e. The van der Waals surface area contributed by atoms with Gasteiger partial charge in [0.25, 0.3) is 0 Å². The molecule has 1 heterocycles. The van der Waals surface area contributed by atoms with Crippen molar-refractivity contribution >= 4 is 17.3 Å². The fourth-order valence-electron chi connectivity index (χ4n) is 2.25. The van der Waals surface area contributed by atoms with E-state index in [1.165, 1.54) is 0 Å². The van der Waals surface area contributed by atoms with Crippen LogP contribution >= 0.6 is 11.6 Å². The summed E-state index contributed by atoms with van der Waals surface area (Å²) in [6.07, 6.45) is -0.0650. The van der Waals surface area contributed by atoms with Gasteiger partial charge in [-0.3, -0.25) is 0 Å². The third-order valence-electron chi connectivity index (χ3n) is 3.17. The lowest BCUT2D eigenvalue weighted by molar-refractivity contribution is 0.205. The van der Waals surface area contributed by atoms with Gasteiger partial charge >= 0.3 is 0 Å². The number of hydrogen-bond donors (Lipinski definition) is 1. The number of halogens is 1. The number of nitrogens with one attached hydrogen (secondary N) is 1. The van der Waals surface area contributed by atoms with E-state index in [1.54, 1.807) is 7.11 Å². The molecule has 3 rings (SSSR count). The lowest BCUT2D eigenvalue weighted by atomic mass is 10.1. The molecule has 1 unspecified atom stereocenters. The number of hydrogen-bond acceptors (Lipinski definition) is 3. The van der Waals surface area contributed by atoms with Crippen LogP contribution in [-0.4, -0.2) is 13.7 Å². The number of benzene rings is 2. The van der Waals surface area contributed by atoms with Gasteiger partial charge in [0.2, 0.25) is 0 Å². The van der Waals surface area contributed by atoms with Crippen molar-refractivity contribution < 1.29 is 9.47 Å². The largest absolute Gasteiger partial charge is 0.496 e. The van der Waals surface area contributed by atoms with E-state index in [9.17, 15) is 0 Å². The van der Waals surface area contributed by atoms with Gasteiger partial charge in [-0.1, -0.05) is 29.8 Å². The van der Waals surface area contributed by atoms with Crippen LogP contribution in [0.5, 0.6) is 11.5 Å². The summed E-state index contributed by atoms with van der Waals surface area (Å²) in [6.45, 7) is 0.688. The maximum atomic E-state index is 6.01. The SMILES string of the molecule is COc1ccccc1C1CNc2cc(Cl)ccc2O1. The van der Waals surface area contributed by atoms with Crippen LogP contribution in [0.4, 0.5) is 5.69 Å². The van der Waals surface area contributed by atoms with Crippen molar-refractivity contribution in [2.45, 2.75) is 6.10 Å². The van der Waals surface area contributed by atoms with Gasteiger partial charge in [-0.15, -0.1) is 0 Å². The molecule has 3 nitrogen and oxygen atoms in total. The molecule has 1 aliphatic rings. The zero-order valence-corrected chi connectivity index (χ0v) is 11.3. The Hall–Kier alpha value is -1.87.